The van der Waals surface area contributed by atoms with Crippen molar-refractivity contribution in [2.24, 2.45) is 0 Å². The van der Waals surface area contributed by atoms with Crippen molar-refractivity contribution in [2.75, 3.05) is 27.2 Å². The Kier molecular flexibility index (Phi) is 7.37. The standard InChI is InChI=1S/C12H25N3/c1-5-6-9-15(4)10-7-8-12(2,11-13)14-3/h14H,5-10H2,1-4H3. The van der Waals surface area contributed by atoms with E-state index in [-0.39, 0.29) is 5.54 Å². The second-order valence-corrected chi connectivity index (χ2v) is 4.45. The second-order valence-electron chi connectivity index (χ2n) is 4.45. The zero-order valence-electron chi connectivity index (χ0n) is 10.6. The van der Waals surface area contributed by atoms with Gasteiger partial charge in [0, 0.05) is 0 Å². The first-order chi connectivity index (χ1) is 7.08. The third-order valence-corrected chi connectivity index (χ3v) is 2.91. The van der Waals surface area contributed by atoms with Gasteiger partial charge in [0.25, 0.3) is 0 Å². The predicted molar refractivity (Wildman–Crippen MR) is 64.7 cm³/mol. The number of nitrogens with zero attached hydrogens (tertiary/aromatic N) is 2. The molecule has 0 fully saturated rings. The lowest BCUT2D eigenvalue weighted by Gasteiger charge is -2.22. The molecule has 88 valence electrons. The van der Waals surface area contributed by atoms with Crippen LogP contribution in [0.5, 0.6) is 0 Å². The van der Waals surface area contributed by atoms with Crippen LogP contribution in [0.1, 0.15) is 39.5 Å². The molecule has 0 aliphatic carbocycles. The summed E-state index contributed by atoms with van der Waals surface area (Å²) in [6.45, 7) is 6.42. The molecule has 0 aliphatic heterocycles. The normalized spacial score (nSPS) is 14.9. The summed E-state index contributed by atoms with van der Waals surface area (Å²) in [4.78, 5) is 2.34. The van der Waals surface area contributed by atoms with E-state index >= 15 is 0 Å². The summed E-state index contributed by atoms with van der Waals surface area (Å²) in [5.41, 5.74) is -0.356. The van der Waals surface area contributed by atoms with E-state index in [0.717, 1.165) is 19.4 Å². The Bertz CT molecular complexity index is 198. The molecule has 0 aromatic heterocycles. The van der Waals surface area contributed by atoms with Crippen molar-refractivity contribution in [3.63, 3.8) is 0 Å². The molecule has 0 saturated heterocycles. The van der Waals surface area contributed by atoms with E-state index in [2.05, 4.69) is 30.3 Å². The van der Waals surface area contributed by atoms with Gasteiger partial charge >= 0.3 is 0 Å². The van der Waals surface area contributed by atoms with Crippen LogP contribution in [0.4, 0.5) is 0 Å². The Morgan fingerprint density at radius 2 is 1.93 bits per heavy atom. The molecular formula is C12H25N3. The average Bonchev–Trinajstić information content (AvgIpc) is 2.26. The minimum atomic E-state index is -0.356. The van der Waals surface area contributed by atoms with E-state index in [1.54, 1.807) is 0 Å². The highest BCUT2D eigenvalue weighted by molar-refractivity contribution is 5.02. The maximum atomic E-state index is 8.97. The number of rotatable bonds is 8. The first-order valence-corrected chi connectivity index (χ1v) is 5.86. The Morgan fingerprint density at radius 3 is 2.40 bits per heavy atom. The van der Waals surface area contributed by atoms with Crippen molar-refractivity contribution >= 4 is 0 Å². The van der Waals surface area contributed by atoms with Crippen molar-refractivity contribution in [3.05, 3.63) is 0 Å². The Hall–Kier alpha value is -0.590. The highest BCUT2D eigenvalue weighted by Gasteiger charge is 2.20. The molecule has 0 heterocycles. The third kappa shape index (κ3) is 6.48. The number of hydrogen-bond donors (Lipinski definition) is 1. The first-order valence-electron chi connectivity index (χ1n) is 5.86. The van der Waals surface area contributed by atoms with Gasteiger partial charge in [0.15, 0.2) is 0 Å². The maximum absolute atomic E-state index is 8.97. The summed E-state index contributed by atoms with van der Waals surface area (Å²) >= 11 is 0. The van der Waals surface area contributed by atoms with E-state index in [9.17, 15) is 0 Å². The van der Waals surface area contributed by atoms with E-state index in [1.807, 2.05) is 14.0 Å². The summed E-state index contributed by atoms with van der Waals surface area (Å²) in [5.74, 6) is 0. The molecule has 0 saturated carbocycles. The highest BCUT2D eigenvalue weighted by Crippen LogP contribution is 2.10. The fourth-order valence-electron chi connectivity index (χ4n) is 1.48. The van der Waals surface area contributed by atoms with Gasteiger partial charge < -0.3 is 10.2 Å². The van der Waals surface area contributed by atoms with Gasteiger partial charge in [0.05, 0.1) is 6.07 Å². The quantitative estimate of drug-likeness (QED) is 0.667. The molecule has 1 N–H and O–H groups in total. The molecule has 0 bridgehead atoms. The number of nitrogens with one attached hydrogen (secondary N) is 1. The predicted octanol–water partition coefficient (Wildman–Crippen LogP) is 2.00. The van der Waals surface area contributed by atoms with Gasteiger partial charge in [-0.25, -0.2) is 0 Å². The van der Waals surface area contributed by atoms with Crippen LogP contribution in [-0.2, 0) is 0 Å². The van der Waals surface area contributed by atoms with Crippen LogP contribution in [-0.4, -0.2) is 37.6 Å². The SMILES string of the molecule is CCCCN(C)CCCC(C)(C#N)NC. The summed E-state index contributed by atoms with van der Waals surface area (Å²) in [6.07, 6.45) is 4.50. The topological polar surface area (TPSA) is 39.1 Å². The van der Waals surface area contributed by atoms with Gasteiger partial charge in [0.1, 0.15) is 5.54 Å². The molecule has 0 aromatic carbocycles. The van der Waals surface area contributed by atoms with Gasteiger partial charge in [-0.05, 0) is 53.4 Å². The fourth-order valence-corrected chi connectivity index (χ4v) is 1.48. The van der Waals surface area contributed by atoms with Crippen LogP contribution >= 0.6 is 0 Å². The minimum Gasteiger partial charge on any atom is -0.306 e. The Labute approximate surface area is 94.5 Å². The first kappa shape index (κ1) is 14.4. The molecule has 15 heavy (non-hydrogen) atoms. The van der Waals surface area contributed by atoms with E-state index in [0.29, 0.717) is 0 Å². The summed E-state index contributed by atoms with van der Waals surface area (Å²) in [7, 11) is 4.00. The van der Waals surface area contributed by atoms with Gasteiger partial charge in [-0.2, -0.15) is 5.26 Å². The zero-order chi connectivity index (χ0) is 11.7. The Balaban J connectivity index is 3.65. The lowest BCUT2D eigenvalue weighted by Crippen LogP contribution is -2.38. The molecule has 0 radical (unpaired) electrons. The second kappa shape index (κ2) is 7.67. The smallest absolute Gasteiger partial charge is 0.103 e. The molecule has 0 amide bonds. The van der Waals surface area contributed by atoms with Crippen LogP contribution in [0.15, 0.2) is 0 Å². The Morgan fingerprint density at radius 1 is 1.33 bits per heavy atom. The number of hydrogen-bond acceptors (Lipinski definition) is 3. The van der Waals surface area contributed by atoms with Gasteiger partial charge in [0.2, 0.25) is 0 Å². The third-order valence-electron chi connectivity index (χ3n) is 2.91. The molecule has 0 spiro atoms. The van der Waals surface area contributed by atoms with Crippen molar-refractivity contribution in [3.8, 4) is 6.07 Å². The van der Waals surface area contributed by atoms with Crippen molar-refractivity contribution < 1.29 is 0 Å². The maximum Gasteiger partial charge on any atom is 0.103 e. The fraction of sp³-hybridized carbons (Fsp3) is 0.917. The molecule has 1 unspecified atom stereocenters. The highest BCUT2D eigenvalue weighted by atomic mass is 15.1. The van der Waals surface area contributed by atoms with Crippen molar-refractivity contribution in [1.82, 2.24) is 10.2 Å². The van der Waals surface area contributed by atoms with Crippen LogP contribution in [0, 0.1) is 11.3 Å². The summed E-state index contributed by atoms with van der Waals surface area (Å²) in [5, 5.41) is 12.0. The van der Waals surface area contributed by atoms with Gasteiger partial charge in [-0.1, -0.05) is 13.3 Å². The largest absolute Gasteiger partial charge is 0.306 e. The summed E-state index contributed by atoms with van der Waals surface area (Å²) < 4.78 is 0. The average molecular weight is 211 g/mol. The molecule has 0 aromatic rings. The van der Waals surface area contributed by atoms with Gasteiger partial charge in [-0.15, -0.1) is 0 Å². The van der Waals surface area contributed by atoms with Crippen LogP contribution in [0.3, 0.4) is 0 Å². The van der Waals surface area contributed by atoms with E-state index < -0.39 is 0 Å². The lowest BCUT2D eigenvalue weighted by molar-refractivity contribution is 0.304. The molecule has 0 rings (SSSR count). The van der Waals surface area contributed by atoms with Crippen molar-refractivity contribution in [1.29, 1.82) is 5.26 Å². The van der Waals surface area contributed by atoms with E-state index in [1.165, 1.54) is 19.4 Å². The minimum absolute atomic E-state index is 0.356. The van der Waals surface area contributed by atoms with Crippen molar-refractivity contribution in [2.45, 2.75) is 45.1 Å². The van der Waals surface area contributed by atoms with Gasteiger partial charge in [-0.3, -0.25) is 0 Å². The van der Waals surface area contributed by atoms with Crippen LogP contribution < -0.4 is 5.32 Å². The molecular weight excluding hydrogens is 186 g/mol. The zero-order valence-corrected chi connectivity index (χ0v) is 10.6. The molecule has 0 aliphatic rings. The van der Waals surface area contributed by atoms with Crippen LogP contribution in [0.2, 0.25) is 0 Å². The molecule has 1 atom stereocenters. The molecule has 3 nitrogen and oxygen atoms in total. The molecule has 3 heteroatoms. The van der Waals surface area contributed by atoms with Crippen LogP contribution in [0.25, 0.3) is 0 Å². The number of nitriles is 1. The summed E-state index contributed by atoms with van der Waals surface area (Å²) in [6, 6.07) is 2.32. The van der Waals surface area contributed by atoms with E-state index in [4.69, 9.17) is 5.26 Å². The monoisotopic (exact) mass is 211 g/mol. The number of unbranched alkanes of at least 4 members (excludes halogenated alkanes) is 1. The lowest BCUT2D eigenvalue weighted by atomic mass is 9.98.